The molecule has 0 spiro atoms. The lowest BCUT2D eigenvalue weighted by molar-refractivity contribution is -0.137. The quantitative estimate of drug-likeness (QED) is 0.785. The molecule has 2 nitrogen and oxygen atoms in total. The molecule has 1 rings (SSSR count). The molecule has 5 heteroatoms. The number of hydrogen-bond acceptors (Lipinski definition) is 2. The number of carbonyl (C=O) groups is 1. The number of nitrogens with one attached hydrogen (secondary N) is 1. The first kappa shape index (κ1) is 11.7. The summed E-state index contributed by atoms with van der Waals surface area (Å²) in [6.07, 6.45) is -4.49. The molecule has 0 amide bonds. The van der Waals surface area contributed by atoms with Crippen molar-refractivity contribution in [1.82, 2.24) is 5.32 Å². The summed E-state index contributed by atoms with van der Waals surface area (Å²) >= 11 is 0. The topological polar surface area (TPSA) is 29.1 Å². The van der Waals surface area contributed by atoms with Crippen LogP contribution in [0.25, 0.3) is 0 Å². The number of benzene rings is 1. The summed E-state index contributed by atoms with van der Waals surface area (Å²) in [4.78, 5) is 11.3. The van der Waals surface area contributed by atoms with Gasteiger partial charge in [-0.1, -0.05) is 18.2 Å². The zero-order chi connectivity index (χ0) is 11.5. The fourth-order valence-corrected chi connectivity index (χ4v) is 1.23. The van der Waals surface area contributed by atoms with Gasteiger partial charge in [-0.05, 0) is 13.1 Å². The predicted octanol–water partition coefficient (Wildman–Crippen LogP) is 2.11. The van der Waals surface area contributed by atoms with Crippen molar-refractivity contribution in [2.24, 2.45) is 0 Å². The number of ketones is 1. The monoisotopic (exact) mass is 217 g/mol. The van der Waals surface area contributed by atoms with Crippen molar-refractivity contribution < 1.29 is 18.0 Å². The minimum absolute atomic E-state index is 0.104. The van der Waals surface area contributed by atoms with Gasteiger partial charge in [-0.15, -0.1) is 0 Å². The van der Waals surface area contributed by atoms with E-state index in [9.17, 15) is 18.0 Å². The zero-order valence-electron chi connectivity index (χ0n) is 8.06. The summed E-state index contributed by atoms with van der Waals surface area (Å²) < 4.78 is 37.4. The number of hydrogen-bond donors (Lipinski definition) is 1. The van der Waals surface area contributed by atoms with Crippen LogP contribution in [-0.2, 0) is 6.18 Å². The Hall–Kier alpha value is -1.36. The van der Waals surface area contributed by atoms with Crippen LogP contribution in [0.1, 0.15) is 15.9 Å². The van der Waals surface area contributed by atoms with Crippen LogP contribution in [0.5, 0.6) is 0 Å². The van der Waals surface area contributed by atoms with Crippen molar-refractivity contribution in [3.05, 3.63) is 35.4 Å². The molecule has 0 atom stereocenters. The van der Waals surface area contributed by atoms with Gasteiger partial charge < -0.3 is 5.32 Å². The Morgan fingerprint density at radius 1 is 1.33 bits per heavy atom. The van der Waals surface area contributed by atoms with E-state index in [1.54, 1.807) is 0 Å². The van der Waals surface area contributed by atoms with Gasteiger partial charge in [0.2, 0.25) is 0 Å². The van der Waals surface area contributed by atoms with E-state index in [0.717, 1.165) is 6.07 Å². The van der Waals surface area contributed by atoms with Crippen LogP contribution in [0, 0.1) is 0 Å². The average Bonchev–Trinajstić information content (AvgIpc) is 2.17. The summed E-state index contributed by atoms with van der Waals surface area (Å²) in [7, 11) is 1.51. The van der Waals surface area contributed by atoms with E-state index < -0.39 is 17.5 Å². The zero-order valence-corrected chi connectivity index (χ0v) is 8.06. The molecule has 1 N–H and O–H groups in total. The molecule has 0 saturated carbocycles. The Kier molecular flexibility index (Phi) is 3.47. The summed E-state index contributed by atoms with van der Waals surface area (Å²) in [6, 6.07) is 4.77. The predicted molar refractivity (Wildman–Crippen MR) is 49.7 cm³/mol. The first-order chi connectivity index (χ1) is 6.96. The number of rotatable bonds is 3. The fourth-order valence-electron chi connectivity index (χ4n) is 1.23. The lowest BCUT2D eigenvalue weighted by Crippen LogP contribution is -2.22. The maximum absolute atomic E-state index is 12.5. The Bertz CT molecular complexity index is 360. The molecule has 0 unspecified atom stereocenters. The van der Waals surface area contributed by atoms with Gasteiger partial charge in [0, 0.05) is 5.56 Å². The van der Waals surface area contributed by atoms with Crippen LogP contribution in [0.2, 0.25) is 0 Å². The molecule has 0 aromatic heterocycles. The van der Waals surface area contributed by atoms with Gasteiger partial charge in [-0.2, -0.15) is 13.2 Å². The van der Waals surface area contributed by atoms with Crippen molar-refractivity contribution in [1.29, 1.82) is 0 Å². The van der Waals surface area contributed by atoms with E-state index in [1.165, 1.54) is 25.2 Å². The van der Waals surface area contributed by atoms with Crippen molar-refractivity contribution in [3.8, 4) is 0 Å². The third kappa shape index (κ3) is 2.79. The van der Waals surface area contributed by atoms with Crippen molar-refractivity contribution in [2.75, 3.05) is 13.6 Å². The van der Waals surface area contributed by atoms with Crippen LogP contribution in [0.4, 0.5) is 13.2 Å². The molecule has 0 radical (unpaired) electrons. The molecule has 0 heterocycles. The highest BCUT2D eigenvalue weighted by molar-refractivity contribution is 5.99. The second kappa shape index (κ2) is 4.44. The molecule has 1 aromatic carbocycles. The molecule has 0 aliphatic carbocycles. The molecular weight excluding hydrogens is 207 g/mol. The molecule has 1 aromatic rings. The molecule has 82 valence electrons. The molecular formula is C10H10F3NO. The summed E-state index contributed by atoms with van der Waals surface area (Å²) in [5.41, 5.74) is -1.18. The molecule has 0 bridgehead atoms. The number of Topliss-reactive ketones (excluding diaryl/α,β-unsaturated/α-hetero) is 1. The summed E-state index contributed by atoms with van der Waals surface area (Å²) in [5.74, 6) is -0.564. The smallest absolute Gasteiger partial charge is 0.313 e. The van der Waals surface area contributed by atoms with Gasteiger partial charge in [0.15, 0.2) is 5.78 Å². The number of likely N-dealkylation sites (N-methyl/N-ethyl adjacent to an activating group) is 1. The number of carbonyl (C=O) groups excluding carboxylic acids is 1. The van der Waals surface area contributed by atoms with Crippen molar-refractivity contribution >= 4 is 5.78 Å². The van der Waals surface area contributed by atoms with Crippen LogP contribution >= 0.6 is 0 Å². The maximum atomic E-state index is 12.5. The highest BCUT2D eigenvalue weighted by Gasteiger charge is 2.34. The van der Waals surface area contributed by atoms with Gasteiger partial charge >= 0.3 is 6.18 Å². The van der Waals surface area contributed by atoms with E-state index in [-0.39, 0.29) is 12.1 Å². The normalized spacial score (nSPS) is 11.5. The number of alkyl halides is 3. The van der Waals surface area contributed by atoms with E-state index in [1.807, 2.05) is 0 Å². The molecule has 15 heavy (non-hydrogen) atoms. The Balaban J connectivity index is 3.12. The van der Waals surface area contributed by atoms with E-state index in [2.05, 4.69) is 5.32 Å². The fraction of sp³-hybridized carbons (Fsp3) is 0.300. The van der Waals surface area contributed by atoms with Crippen LogP contribution in [0.3, 0.4) is 0 Å². The lowest BCUT2D eigenvalue weighted by atomic mass is 10.0. The van der Waals surface area contributed by atoms with Gasteiger partial charge in [0.1, 0.15) is 0 Å². The summed E-state index contributed by atoms with van der Waals surface area (Å²) in [6.45, 7) is -0.104. The SMILES string of the molecule is CNCC(=O)c1ccccc1C(F)(F)F. The second-order valence-corrected chi connectivity index (χ2v) is 3.00. The van der Waals surface area contributed by atoms with Crippen LogP contribution in [0.15, 0.2) is 24.3 Å². The standard InChI is InChI=1S/C10H10F3NO/c1-14-6-9(15)7-4-2-3-5-8(7)10(11,12)13/h2-5,14H,6H2,1H3. The molecule has 0 fully saturated rings. The Morgan fingerprint density at radius 3 is 2.47 bits per heavy atom. The first-order valence-electron chi connectivity index (χ1n) is 4.31. The second-order valence-electron chi connectivity index (χ2n) is 3.00. The molecule has 0 aliphatic rings. The average molecular weight is 217 g/mol. The minimum Gasteiger partial charge on any atom is -0.313 e. The van der Waals surface area contributed by atoms with Gasteiger partial charge in [-0.3, -0.25) is 4.79 Å². The largest absolute Gasteiger partial charge is 0.417 e. The number of halogens is 3. The van der Waals surface area contributed by atoms with Gasteiger partial charge in [0.05, 0.1) is 12.1 Å². The van der Waals surface area contributed by atoms with Crippen LogP contribution < -0.4 is 5.32 Å². The third-order valence-corrected chi connectivity index (χ3v) is 1.87. The van der Waals surface area contributed by atoms with Crippen molar-refractivity contribution in [3.63, 3.8) is 0 Å². The van der Waals surface area contributed by atoms with Crippen molar-refractivity contribution in [2.45, 2.75) is 6.18 Å². The lowest BCUT2D eigenvalue weighted by Gasteiger charge is -2.11. The Labute approximate surface area is 85.1 Å². The highest BCUT2D eigenvalue weighted by atomic mass is 19.4. The molecule has 0 saturated heterocycles. The Morgan fingerprint density at radius 2 is 1.93 bits per heavy atom. The minimum atomic E-state index is -4.49. The summed E-state index contributed by atoms with van der Waals surface area (Å²) in [5, 5.41) is 2.53. The third-order valence-electron chi connectivity index (χ3n) is 1.87. The van der Waals surface area contributed by atoms with E-state index in [0.29, 0.717) is 0 Å². The van der Waals surface area contributed by atoms with E-state index in [4.69, 9.17) is 0 Å². The highest BCUT2D eigenvalue weighted by Crippen LogP contribution is 2.31. The first-order valence-corrected chi connectivity index (χ1v) is 4.31. The van der Waals surface area contributed by atoms with Crippen LogP contribution in [-0.4, -0.2) is 19.4 Å². The molecule has 0 aliphatic heterocycles. The van der Waals surface area contributed by atoms with E-state index >= 15 is 0 Å². The maximum Gasteiger partial charge on any atom is 0.417 e. The van der Waals surface area contributed by atoms with Gasteiger partial charge in [0.25, 0.3) is 0 Å². The van der Waals surface area contributed by atoms with Gasteiger partial charge in [-0.25, -0.2) is 0 Å².